The number of hydrogen-bond donors (Lipinski definition) is 3. The molecule has 0 aliphatic carbocycles. The van der Waals surface area contributed by atoms with Crippen LogP contribution in [-0.4, -0.2) is 55.6 Å². The third-order valence-corrected chi connectivity index (χ3v) is 4.01. The van der Waals surface area contributed by atoms with Crippen LogP contribution >= 0.6 is 0 Å². The van der Waals surface area contributed by atoms with E-state index in [9.17, 15) is 4.79 Å². The normalized spacial score (nSPS) is 27.9. The third-order valence-electron chi connectivity index (χ3n) is 4.01. The Labute approximate surface area is 109 Å². The molecule has 0 radical (unpaired) electrons. The molecule has 2 heterocycles. The molecule has 5 nitrogen and oxygen atoms in total. The molecule has 2 aliphatic rings. The third kappa shape index (κ3) is 4.55. The van der Waals surface area contributed by atoms with E-state index in [0.29, 0.717) is 18.6 Å². The van der Waals surface area contributed by atoms with Gasteiger partial charge in [0.2, 0.25) is 5.91 Å². The number of nitrogens with one attached hydrogen (secondary N) is 2. The van der Waals surface area contributed by atoms with Gasteiger partial charge in [0, 0.05) is 25.2 Å². The van der Waals surface area contributed by atoms with Crippen LogP contribution in [0.1, 0.15) is 32.1 Å². The second kappa shape index (κ2) is 7.07. The molecular formula is C13H26N4O. The van der Waals surface area contributed by atoms with Crippen LogP contribution in [0.3, 0.4) is 0 Å². The number of carbonyl (C=O) groups is 1. The largest absolute Gasteiger partial charge is 0.369 e. The maximum atomic E-state index is 10.9. The summed E-state index contributed by atoms with van der Waals surface area (Å²) in [7, 11) is 0. The van der Waals surface area contributed by atoms with E-state index in [4.69, 9.17) is 5.73 Å². The minimum absolute atomic E-state index is 0.212. The summed E-state index contributed by atoms with van der Waals surface area (Å²) < 4.78 is 0. The Kier molecular flexibility index (Phi) is 5.41. The van der Waals surface area contributed by atoms with Crippen LogP contribution in [0.4, 0.5) is 0 Å². The van der Waals surface area contributed by atoms with Crippen molar-refractivity contribution < 1.29 is 4.79 Å². The molecule has 2 aliphatic heterocycles. The summed E-state index contributed by atoms with van der Waals surface area (Å²) in [5.74, 6) is -0.212. The average Bonchev–Trinajstić information content (AvgIpc) is 2.60. The van der Waals surface area contributed by atoms with Crippen molar-refractivity contribution in [2.45, 2.75) is 44.2 Å². The quantitative estimate of drug-likeness (QED) is 0.642. The highest BCUT2D eigenvalue weighted by Gasteiger charge is 2.22. The number of likely N-dealkylation sites (tertiary alicyclic amines) is 1. The molecular weight excluding hydrogens is 228 g/mol. The first-order valence-corrected chi connectivity index (χ1v) is 7.21. The molecule has 1 atom stereocenters. The van der Waals surface area contributed by atoms with Gasteiger partial charge in [0.05, 0.1) is 6.54 Å². The Hall–Kier alpha value is -0.650. The minimum atomic E-state index is -0.212. The van der Waals surface area contributed by atoms with Gasteiger partial charge in [-0.25, -0.2) is 0 Å². The molecule has 0 saturated carbocycles. The van der Waals surface area contributed by atoms with E-state index in [1.807, 2.05) is 0 Å². The molecule has 2 rings (SSSR count). The second-order valence-electron chi connectivity index (χ2n) is 5.56. The van der Waals surface area contributed by atoms with Crippen molar-refractivity contribution in [2.24, 2.45) is 5.73 Å². The molecule has 0 aromatic rings. The molecule has 1 unspecified atom stereocenters. The summed E-state index contributed by atoms with van der Waals surface area (Å²) in [5.41, 5.74) is 5.22. The van der Waals surface area contributed by atoms with Crippen molar-refractivity contribution in [1.82, 2.24) is 15.5 Å². The molecule has 0 aromatic heterocycles. The average molecular weight is 254 g/mol. The summed E-state index contributed by atoms with van der Waals surface area (Å²) in [6.45, 7) is 4.70. The highest BCUT2D eigenvalue weighted by Crippen LogP contribution is 2.13. The van der Waals surface area contributed by atoms with E-state index in [1.54, 1.807) is 0 Å². The van der Waals surface area contributed by atoms with Crippen LogP contribution < -0.4 is 16.4 Å². The van der Waals surface area contributed by atoms with E-state index < -0.39 is 0 Å². The first-order valence-electron chi connectivity index (χ1n) is 7.21. The molecule has 2 fully saturated rings. The van der Waals surface area contributed by atoms with Crippen molar-refractivity contribution in [3.63, 3.8) is 0 Å². The van der Waals surface area contributed by atoms with Crippen molar-refractivity contribution in [3.8, 4) is 0 Å². The number of nitrogens with zero attached hydrogens (tertiary/aromatic N) is 1. The highest BCUT2D eigenvalue weighted by atomic mass is 16.1. The highest BCUT2D eigenvalue weighted by molar-refractivity contribution is 5.75. The lowest BCUT2D eigenvalue weighted by Gasteiger charge is -2.33. The first-order chi connectivity index (χ1) is 8.74. The van der Waals surface area contributed by atoms with E-state index in [1.165, 1.54) is 19.3 Å². The van der Waals surface area contributed by atoms with Crippen LogP contribution in [-0.2, 0) is 4.79 Å². The predicted octanol–water partition coefficient (Wildman–Crippen LogP) is -0.332. The molecule has 0 spiro atoms. The molecule has 104 valence electrons. The summed E-state index contributed by atoms with van der Waals surface area (Å²) in [6, 6.07) is 1.30. The fraction of sp³-hybridized carbons (Fsp3) is 0.923. The summed E-state index contributed by atoms with van der Waals surface area (Å²) in [4.78, 5) is 13.0. The number of piperidine rings is 1. The molecule has 4 N–H and O–H groups in total. The monoisotopic (exact) mass is 254 g/mol. The molecule has 5 heteroatoms. The maximum Gasteiger partial charge on any atom is 0.231 e. The van der Waals surface area contributed by atoms with Gasteiger partial charge in [-0.15, -0.1) is 0 Å². The number of amides is 1. The van der Waals surface area contributed by atoms with Gasteiger partial charge >= 0.3 is 0 Å². The number of carbonyl (C=O) groups excluding carboxylic acids is 1. The molecule has 1 amide bonds. The van der Waals surface area contributed by atoms with Gasteiger partial charge in [0.25, 0.3) is 0 Å². The summed E-state index contributed by atoms with van der Waals surface area (Å²) >= 11 is 0. The van der Waals surface area contributed by atoms with Gasteiger partial charge in [0.1, 0.15) is 0 Å². The number of primary amides is 1. The smallest absolute Gasteiger partial charge is 0.231 e. The maximum absolute atomic E-state index is 10.9. The second-order valence-corrected chi connectivity index (χ2v) is 5.56. The van der Waals surface area contributed by atoms with Gasteiger partial charge in [-0.3, -0.25) is 9.69 Å². The molecule has 2 saturated heterocycles. The fourth-order valence-corrected chi connectivity index (χ4v) is 3.00. The first kappa shape index (κ1) is 13.8. The molecule has 0 aromatic carbocycles. The minimum Gasteiger partial charge on any atom is -0.369 e. The number of nitrogens with two attached hydrogens (primary N) is 1. The van der Waals surface area contributed by atoms with E-state index in [2.05, 4.69) is 15.5 Å². The Bertz CT molecular complexity index is 256. The Morgan fingerprint density at radius 2 is 1.89 bits per heavy atom. The summed E-state index contributed by atoms with van der Waals surface area (Å²) in [6.07, 6.45) is 6.07. The lowest BCUT2D eigenvalue weighted by Crippen LogP contribution is -2.48. The van der Waals surface area contributed by atoms with Gasteiger partial charge in [0.15, 0.2) is 0 Å². The zero-order valence-electron chi connectivity index (χ0n) is 11.2. The summed E-state index contributed by atoms with van der Waals surface area (Å²) in [5, 5.41) is 7.23. The van der Waals surface area contributed by atoms with Crippen molar-refractivity contribution in [2.75, 3.05) is 32.7 Å². The lowest BCUT2D eigenvalue weighted by molar-refractivity contribution is -0.119. The molecule has 0 bridgehead atoms. The molecule has 18 heavy (non-hydrogen) atoms. The van der Waals surface area contributed by atoms with E-state index in [-0.39, 0.29) is 5.91 Å². The van der Waals surface area contributed by atoms with Crippen LogP contribution in [0.5, 0.6) is 0 Å². The Morgan fingerprint density at radius 1 is 1.17 bits per heavy atom. The van der Waals surface area contributed by atoms with Crippen LogP contribution in [0.15, 0.2) is 0 Å². The standard InChI is InChI=1S/C13H26N4O/c14-13(18)10-17-8-4-12(5-9-17)16-11-2-1-6-15-7-3-11/h11-12,15-16H,1-10H2,(H2,14,18). The van der Waals surface area contributed by atoms with Crippen LogP contribution in [0.25, 0.3) is 0 Å². The lowest BCUT2D eigenvalue weighted by atomic mass is 10.0. The van der Waals surface area contributed by atoms with Gasteiger partial charge < -0.3 is 16.4 Å². The topological polar surface area (TPSA) is 70.4 Å². The fourth-order valence-electron chi connectivity index (χ4n) is 3.00. The number of hydrogen-bond acceptors (Lipinski definition) is 4. The van der Waals surface area contributed by atoms with Gasteiger partial charge in [-0.05, 0) is 45.2 Å². The van der Waals surface area contributed by atoms with E-state index >= 15 is 0 Å². The van der Waals surface area contributed by atoms with Gasteiger partial charge in [-0.1, -0.05) is 0 Å². The predicted molar refractivity (Wildman–Crippen MR) is 72.3 cm³/mol. The zero-order chi connectivity index (χ0) is 12.8. The Balaban J connectivity index is 1.67. The van der Waals surface area contributed by atoms with Gasteiger partial charge in [-0.2, -0.15) is 0 Å². The number of rotatable bonds is 4. The Morgan fingerprint density at radius 3 is 2.61 bits per heavy atom. The van der Waals surface area contributed by atoms with Crippen molar-refractivity contribution >= 4 is 5.91 Å². The van der Waals surface area contributed by atoms with E-state index in [0.717, 1.165) is 39.0 Å². The van der Waals surface area contributed by atoms with Crippen LogP contribution in [0.2, 0.25) is 0 Å². The van der Waals surface area contributed by atoms with Crippen molar-refractivity contribution in [1.29, 1.82) is 0 Å². The zero-order valence-corrected chi connectivity index (χ0v) is 11.2. The SMILES string of the molecule is NC(=O)CN1CCC(NC2CCCNCC2)CC1. The van der Waals surface area contributed by atoms with Crippen molar-refractivity contribution in [3.05, 3.63) is 0 Å². The van der Waals surface area contributed by atoms with Crippen LogP contribution in [0, 0.1) is 0 Å².